The van der Waals surface area contributed by atoms with E-state index in [-0.39, 0.29) is 0 Å². The van der Waals surface area contributed by atoms with Crippen molar-refractivity contribution in [3.63, 3.8) is 0 Å². The highest BCUT2D eigenvalue weighted by Gasteiger charge is 2.25. The van der Waals surface area contributed by atoms with Gasteiger partial charge in [0.2, 0.25) is 0 Å². The first-order valence-corrected chi connectivity index (χ1v) is 51.0. The summed E-state index contributed by atoms with van der Waals surface area (Å²) in [5.74, 6) is 0. The fourth-order valence-electron chi connectivity index (χ4n) is 21.0. The van der Waals surface area contributed by atoms with E-state index in [1.807, 2.05) is 36.4 Å². The van der Waals surface area contributed by atoms with Crippen molar-refractivity contribution in [2.45, 2.75) is 0 Å². The van der Waals surface area contributed by atoms with E-state index < -0.39 is 0 Å². The number of hydrogen-bond donors (Lipinski definition) is 0. The van der Waals surface area contributed by atoms with E-state index in [0.717, 1.165) is 128 Å². The van der Waals surface area contributed by atoms with Crippen LogP contribution in [-0.4, -0.2) is 0 Å². The molecule has 708 valence electrons. The molecule has 0 aliphatic carbocycles. The van der Waals surface area contributed by atoms with Crippen LogP contribution in [0.2, 0.25) is 0 Å². The van der Waals surface area contributed by atoms with Crippen LogP contribution in [0.5, 0.6) is 0 Å². The summed E-state index contributed by atoms with van der Waals surface area (Å²) in [6, 6.07) is 213. The maximum absolute atomic E-state index is 6.40. The van der Waals surface area contributed by atoms with Crippen LogP contribution >= 0.6 is 0 Å². The van der Waals surface area contributed by atoms with E-state index in [9.17, 15) is 0 Å². The number of furan rings is 3. The summed E-state index contributed by atoms with van der Waals surface area (Å²) >= 11 is 0. The SMILES string of the molecule is c1ccc(-c2ccc(-c3ccc(N(c4ccc5c(c4)oc4ccccc45)c4ccccc4-c4ccccc4-c4ccccc4)cc3)cc2)cc1.c1ccc(-c2ccc(-c3cccc(N(c4ccc(-c5cccc(-c6ccccc6)c5)cc4)c4ccc5c(c4)oc4ccccc45)c3)cc2)cc1.c1ccc(-c2cccc(-c3ccc(N(c4ccc(-c5ccccc5-c5ccccc5)cc4)c4ccc5c(c4)oc4ccccc45)cc3)c2)cc1. The molecule has 0 amide bonds. The third-order valence-electron chi connectivity index (χ3n) is 28.5. The van der Waals surface area contributed by atoms with Gasteiger partial charge in [-0.15, -0.1) is 0 Å². The average Bonchev–Trinajstić information content (AvgIpc) is 1.55. The van der Waals surface area contributed by atoms with Crippen molar-refractivity contribution in [2.75, 3.05) is 14.7 Å². The average molecular weight is 1920 g/mol. The molecule has 27 aromatic rings. The van der Waals surface area contributed by atoms with Crippen LogP contribution in [0.4, 0.5) is 51.2 Å². The molecule has 0 saturated heterocycles. The van der Waals surface area contributed by atoms with Crippen molar-refractivity contribution in [2.24, 2.45) is 0 Å². The van der Waals surface area contributed by atoms with Crippen LogP contribution in [0, 0.1) is 0 Å². The Kier molecular flexibility index (Phi) is 25.2. The van der Waals surface area contributed by atoms with E-state index in [1.54, 1.807) is 0 Å². The van der Waals surface area contributed by atoms with Gasteiger partial charge in [-0.3, -0.25) is 0 Å². The van der Waals surface area contributed by atoms with Crippen LogP contribution in [0.25, 0.3) is 199 Å². The smallest absolute Gasteiger partial charge is 0.137 e. The summed E-state index contributed by atoms with van der Waals surface area (Å²) in [5, 5.41) is 6.73. The van der Waals surface area contributed by atoms with Crippen LogP contribution in [0.3, 0.4) is 0 Å². The van der Waals surface area contributed by atoms with Crippen LogP contribution in [0.15, 0.2) is 614 Å². The Bertz CT molecular complexity index is 9440. The molecular weight excluding hydrogens is 1820 g/mol. The molecular formula is C144H99N3O3. The predicted octanol–water partition coefficient (Wildman–Crippen LogP) is 41.2. The van der Waals surface area contributed by atoms with Crippen molar-refractivity contribution in [3.05, 3.63) is 601 Å². The second kappa shape index (κ2) is 41.4. The van der Waals surface area contributed by atoms with Gasteiger partial charge in [-0.1, -0.05) is 449 Å². The Morgan fingerprint density at radius 3 is 0.653 bits per heavy atom. The van der Waals surface area contributed by atoms with Crippen molar-refractivity contribution < 1.29 is 13.3 Å². The maximum Gasteiger partial charge on any atom is 0.137 e. The molecule has 0 saturated carbocycles. The van der Waals surface area contributed by atoms with Gasteiger partial charge in [0.25, 0.3) is 0 Å². The zero-order valence-electron chi connectivity index (χ0n) is 82.2. The van der Waals surface area contributed by atoms with E-state index in [0.29, 0.717) is 0 Å². The number of para-hydroxylation sites is 4. The number of rotatable bonds is 21. The number of benzene rings is 24. The standard InChI is InChI=1S/3C48H33NO/c1-3-13-34(14-4-1)35-23-25-36(26-24-35)37-27-29-39(30-28-37)49(40-31-32-45-44-20-10-12-22-47(44)50-48(45)33-40)46-21-11-9-19-43(46)42-18-8-7-17-41(42)38-15-5-2-6-16-38;1-3-11-34(12-4-1)36-21-23-37(24-22-36)41-17-10-18-43(32-41)49(44-29-30-46-45-19-7-8-20-47(45)50-48(46)33-44)42-27-25-38(26-28-42)40-16-9-15-39(31-40)35-13-5-2-6-14-35;1-3-12-34(13-4-1)38-16-11-17-39(32-38)35-22-26-40(27-23-35)49(42-30-31-46-45-20-9-10-21-47(45)50-48(46)33-42)41-28-24-37(25-29-41)44-19-8-7-18-43(44)36-14-5-2-6-15-36/h3*1-33H. The molecule has 0 atom stereocenters. The highest BCUT2D eigenvalue weighted by molar-refractivity contribution is 6.10. The van der Waals surface area contributed by atoms with E-state index >= 15 is 0 Å². The third kappa shape index (κ3) is 18.9. The largest absolute Gasteiger partial charge is 0.456 e. The molecule has 0 N–H and O–H groups in total. The summed E-state index contributed by atoms with van der Waals surface area (Å²) in [4.78, 5) is 6.98. The van der Waals surface area contributed by atoms with Crippen LogP contribution in [0.1, 0.15) is 0 Å². The Morgan fingerprint density at radius 2 is 0.300 bits per heavy atom. The Morgan fingerprint density at radius 1 is 0.100 bits per heavy atom. The summed E-state index contributed by atoms with van der Waals surface area (Å²) in [6.07, 6.45) is 0. The van der Waals surface area contributed by atoms with Gasteiger partial charge in [-0.2, -0.15) is 0 Å². The van der Waals surface area contributed by atoms with Crippen molar-refractivity contribution >= 4 is 117 Å². The zero-order valence-corrected chi connectivity index (χ0v) is 82.2. The topological polar surface area (TPSA) is 49.1 Å². The lowest BCUT2D eigenvalue weighted by atomic mass is 9.93. The van der Waals surface area contributed by atoms with Gasteiger partial charge in [0, 0.05) is 102 Å². The molecule has 0 aliphatic heterocycles. The highest BCUT2D eigenvalue weighted by atomic mass is 16.3. The van der Waals surface area contributed by atoms with E-state index in [4.69, 9.17) is 13.3 Å². The molecule has 24 aromatic carbocycles. The molecule has 0 aliphatic rings. The Balaban J connectivity index is 0.000000116. The van der Waals surface area contributed by atoms with Gasteiger partial charge in [0.05, 0.1) is 5.69 Å². The van der Waals surface area contributed by atoms with Gasteiger partial charge in [0.1, 0.15) is 33.5 Å². The maximum atomic E-state index is 6.40. The normalized spacial score (nSPS) is 11.2. The number of anilines is 9. The van der Waals surface area contributed by atoms with Crippen molar-refractivity contribution in [1.29, 1.82) is 0 Å². The minimum absolute atomic E-state index is 0.867. The first-order valence-electron chi connectivity index (χ1n) is 51.0. The molecule has 0 fully saturated rings. The molecule has 6 heteroatoms. The van der Waals surface area contributed by atoms with Gasteiger partial charge in [0.15, 0.2) is 0 Å². The first-order chi connectivity index (χ1) is 74.3. The number of fused-ring (bicyclic) bond motifs is 9. The second-order valence-corrected chi connectivity index (χ2v) is 37.7. The molecule has 150 heavy (non-hydrogen) atoms. The summed E-state index contributed by atoms with van der Waals surface area (Å²) in [5.41, 5.74) is 43.5. The fraction of sp³-hybridized carbons (Fsp3) is 0. The van der Waals surface area contributed by atoms with Gasteiger partial charge in [-0.25, -0.2) is 0 Å². The molecule has 3 aromatic heterocycles. The van der Waals surface area contributed by atoms with Crippen molar-refractivity contribution in [3.8, 4) is 134 Å². The lowest BCUT2D eigenvalue weighted by Gasteiger charge is -2.28. The first kappa shape index (κ1) is 91.3. The Hall–Kier alpha value is -19.9. The molecule has 0 spiro atoms. The van der Waals surface area contributed by atoms with Gasteiger partial charge >= 0.3 is 0 Å². The van der Waals surface area contributed by atoms with Gasteiger partial charge < -0.3 is 28.0 Å². The highest BCUT2D eigenvalue weighted by Crippen LogP contribution is 2.49. The molecule has 0 radical (unpaired) electrons. The zero-order chi connectivity index (χ0) is 99.8. The summed E-state index contributed by atoms with van der Waals surface area (Å²) in [6.45, 7) is 0. The van der Waals surface area contributed by atoms with E-state index in [2.05, 4.69) is 579 Å². The van der Waals surface area contributed by atoms with Crippen molar-refractivity contribution in [1.82, 2.24) is 0 Å². The summed E-state index contributed by atoms with van der Waals surface area (Å²) < 4.78 is 19.1. The molecule has 3 heterocycles. The molecule has 27 rings (SSSR count). The minimum Gasteiger partial charge on any atom is -0.456 e. The molecule has 0 bridgehead atoms. The lowest BCUT2D eigenvalue weighted by Crippen LogP contribution is -2.11. The van der Waals surface area contributed by atoms with E-state index in [1.165, 1.54) is 122 Å². The lowest BCUT2D eigenvalue weighted by molar-refractivity contribution is 0.668. The second-order valence-electron chi connectivity index (χ2n) is 37.7. The quantitative estimate of drug-likeness (QED) is 0.0715. The van der Waals surface area contributed by atoms with Gasteiger partial charge in [-0.05, 0) is 261 Å². The molecule has 6 nitrogen and oxygen atoms in total. The monoisotopic (exact) mass is 1920 g/mol. The minimum atomic E-state index is 0.867. The number of nitrogens with zero attached hydrogens (tertiary/aromatic N) is 3. The molecule has 0 unspecified atom stereocenters. The summed E-state index contributed by atoms with van der Waals surface area (Å²) in [7, 11) is 0. The number of hydrogen-bond acceptors (Lipinski definition) is 6. The van der Waals surface area contributed by atoms with Crippen LogP contribution < -0.4 is 14.7 Å². The Labute approximate surface area is 872 Å². The fourth-order valence-corrected chi connectivity index (χ4v) is 21.0. The predicted molar refractivity (Wildman–Crippen MR) is 630 cm³/mol. The van der Waals surface area contributed by atoms with Crippen LogP contribution in [-0.2, 0) is 0 Å². The third-order valence-corrected chi connectivity index (χ3v) is 28.5.